The van der Waals surface area contributed by atoms with Crippen molar-refractivity contribution in [1.82, 2.24) is 10.2 Å². The Morgan fingerprint density at radius 3 is 2.40 bits per heavy atom. The Labute approximate surface area is 122 Å². The van der Waals surface area contributed by atoms with Crippen molar-refractivity contribution in [2.24, 2.45) is 0 Å². The first-order valence-corrected chi connectivity index (χ1v) is 8.68. The lowest BCUT2D eigenvalue weighted by molar-refractivity contribution is 0.197. The zero-order chi connectivity index (χ0) is 13.9. The molecule has 1 saturated heterocycles. The number of nitrogens with one attached hydrogen (secondary N) is 1. The topological polar surface area (TPSA) is 49.4 Å². The van der Waals surface area contributed by atoms with Crippen molar-refractivity contribution in [2.75, 3.05) is 24.6 Å². The Kier molecular flexibility index (Phi) is 4.05. The number of benzene rings is 1. The van der Waals surface area contributed by atoms with Crippen molar-refractivity contribution >= 4 is 16.8 Å². The fourth-order valence-corrected chi connectivity index (χ4v) is 4.33. The minimum absolute atomic E-state index is 0.00158. The molecule has 1 aromatic carbocycles. The van der Waals surface area contributed by atoms with Gasteiger partial charge in [0.2, 0.25) is 0 Å². The first-order chi connectivity index (χ1) is 9.72. The van der Waals surface area contributed by atoms with Crippen molar-refractivity contribution in [3.63, 3.8) is 0 Å². The Hall–Kier alpha value is -1.36. The molecule has 2 aliphatic heterocycles. The van der Waals surface area contributed by atoms with E-state index in [0.29, 0.717) is 5.75 Å². The van der Waals surface area contributed by atoms with Crippen molar-refractivity contribution in [3.05, 3.63) is 35.4 Å². The summed E-state index contributed by atoms with van der Waals surface area (Å²) in [4.78, 5) is 14.2. The highest BCUT2D eigenvalue weighted by Crippen LogP contribution is 2.16. The van der Waals surface area contributed by atoms with E-state index >= 15 is 0 Å². The number of rotatable bonds is 1. The molecule has 2 amide bonds. The van der Waals surface area contributed by atoms with Crippen molar-refractivity contribution in [3.8, 4) is 0 Å². The van der Waals surface area contributed by atoms with Crippen LogP contribution in [-0.4, -0.2) is 45.8 Å². The molecule has 4 nitrogen and oxygen atoms in total. The van der Waals surface area contributed by atoms with Gasteiger partial charge in [0.1, 0.15) is 0 Å². The van der Waals surface area contributed by atoms with Gasteiger partial charge in [0.05, 0.1) is 0 Å². The standard InChI is InChI=1S/C15H20N2O2S/c18-15(16-14-7-10-20(19)11-14)17-8-5-12-3-1-2-4-13(12)6-9-17/h1-4,14H,5-11H2,(H,16,18)/t14-,20+/m0/s1. The molecule has 3 rings (SSSR count). The molecule has 0 saturated carbocycles. The molecule has 2 heterocycles. The van der Waals surface area contributed by atoms with Crippen LogP contribution in [0, 0.1) is 0 Å². The minimum Gasteiger partial charge on any atom is -0.334 e. The predicted molar refractivity (Wildman–Crippen MR) is 80.2 cm³/mol. The second-order valence-corrected chi connectivity index (χ2v) is 7.12. The monoisotopic (exact) mass is 292 g/mol. The molecule has 108 valence electrons. The van der Waals surface area contributed by atoms with Crippen LogP contribution in [0.2, 0.25) is 0 Å². The highest BCUT2D eigenvalue weighted by molar-refractivity contribution is 7.85. The number of nitrogens with zero attached hydrogens (tertiary/aromatic N) is 1. The second-order valence-electron chi connectivity index (χ2n) is 5.50. The average Bonchev–Trinajstić information content (AvgIpc) is 2.74. The van der Waals surface area contributed by atoms with Gasteiger partial charge in [-0.2, -0.15) is 0 Å². The van der Waals surface area contributed by atoms with E-state index < -0.39 is 10.8 Å². The maximum Gasteiger partial charge on any atom is 0.317 e. The van der Waals surface area contributed by atoms with Gasteiger partial charge in [0.25, 0.3) is 0 Å². The Morgan fingerprint density at radius 2 is 1.85 bits per heavy atom. The zero-order valence-electron chi connectivity index (χ0n) is 11.5. The summed E-state index contributed by atoms with van der Waals surface area (Å²) in [6.07, 6.45) is 2.67. The summed E-state index contributed by atoms with van der Waals surface area (Å²) >= 11 is 0. The molecular formula is C15H20N2O2S. The van der Waals surface area contributed by atoms with Crippen LogP contribution < -0.4 is 5.32 Å². The molecule has 0 bridgehead atoms. The van der Waals surface area contributed by atoms with Crippen LogP contribution in [0.3, 0.4) is 0 Å². The lowest BCUT2D eigenvalue weighted by Crippen LogP contribution is -2.46. The van der Waals surface area contributed by atoms with Gasteiger partial charge >= 0.3 is 6.03 Å². The Morgan fingerprint density at radius 1 is 1.20 bits per heavy atom. The van der Waals surface area contributed by atoms with Gasteiger partial charge < -0.3 is 10.2 Å². The van der Waals surface area contributed by atoms with Crippen LogP contribution in [0.5, 0.6) is 0 Å². The molecule has 0 unspecified atom stereocenters. The van der Waals surface area contributed by atoms with Crippen LogP contribution in [0.1, 0.15) is 17.5 Å². The molecule has 2 atom stereocenters. The van der Waals surface area contributed by atoms with E-state index in [2.05, 4.69) is 29.6 Å². The van der Waals surface area contributed by atoms with E-state index in [1.165, 1.54) is 11.1 Å². The molecule has 5 heteroatoms. The van der Waals surface area contributed by atoms with Crippen LogP contribution >= 0.6 is 0 Å². The summed E-state index contributed by atoms with van der Waals surface area (Å²) in [5.41, 5.74) is 2.70. The Bertz CT molecular complexity index is 505. The summed E-state index contributed by atoms with van der Waals surface area (Å²) in [6, 6.07) is 8.51. The van der Waals surface area contributed by atoms with Crippen LogP contribution in [0.4, 0.5) is 4.79 Å². The molecule has 20 heavy (non-hydrogen) atoms. The number of carbonyl (C=O) groups is 1. The van der Waals surface area contributed by atoms with Gasteiger partial charge in [0, 0.05) is 41.4 Å². The molecule has 2 aliphatic rings. The molecule has 1 fully saturated rings. The van der Waals surface area contributed by atoms with E-state index in [-0.39, 0.29) is 12.1 Å². The number of amides is 2. The second kappa shape index (κ2) is 5.95. The summed E-state index contributed by atoms with van der Waals surface area (Å²) in [7, 11) is -0.743. The van der Waals surface area contributed by atoms with E-state index in [0.717, 1.165) is 38.1 Å². The van der Waals surface area contributed by atoms with Gasteiger partial charge in [-0.25, -0.2) is 4.79 Å². The van der Waals surface area contributed by atoms with Crippen LogP contribution in [-0.2, 0) is 23.6 Å². The smallest absolute Gasteiger partial charge is 0.317 e. The van der Waals surface area contributed by atoms with Crippen molar-refractivity contribution < 1.29 is 9.00 Å². The van der Waals surface area contributed by atoms with E-state index in [1.54, 1.807) is 0 Å². The SMILES string of the molecule is O=C(N[C@H]1CC[S@@](=O)C1)N1CCc2ccccc2CC1. The van der Waals surface area contributed by atoms with Crippen molar-refractivity contribution in [2.45, 2.75) is 25.3 Å². The summed E-state index contributed by atoms with van der Waals surface area (Å²) in [5, 5.41) is 3.03. The first kappa shape index (κ1) is 13.6. The lowest BCUT2D eigenvalue weighted by atomic mass is 10.0. The first-order valence-electron chi connectivity index (χ1n) is 7.19. The van der Waals surface area contributed by atoms with E-state index in [9.17, 15) is 9.00 Å². The number of urea groups is 1. The predicted octanol–water partition coefficient (Wildman–Crippen LogP) is 1.32. The van der Waals surface area contributed by atoms with E-state index in [4.69, 9.17) is 0 Å². The number of carbonyl (C=O) groups excluding carboxylic acids is 1. The highest BCUT2D eigenvalue weighted by Gasteiger charge is 2.25. The molecule has 0 aliphatic carbocycles. The molecule has 0 aromatic heterocycles. The minimum atomic E-state index is -0.743. The fraction of sp³-hybridized carbons (Fsp3) is 0.533. The van der Waals surface area contributed by atoms with Gasteiger partial charge in [-0.1, -0.05) is 24.3 Å². The van der Waals surface area contributed by atoms with Crippen LogP contribution in [0.15, 0.2) is 24.3 Å². The molecule has 0 spiro atoms. The average molecular weight is 292 g/mol. The number of fused-ring (bicyclic) bond motifs is 1. The van der Waals surface area contributed by atoms with E-state index in [1.807, 2.05) is 4.90 Å². The third-order valence-corrected chi connectivity index (χ3v) is 5.58. The summed E-state index contributed by atoms with van der Waals surface area (Å²) in [5.74, 6) is 1.33. The molecular weight excluding hydrogens is 272 g/mol. The Balaban J connectivity index is 1.59. The van der Waals surface area contributed by atoms with Gasteiger partial charge in [0.15, 0.2) is 0 Å². The molecule has 1 N–H and O–H groups in total. The number of hydrogen-bond donors (Lipinski definition) is 1. The van der Waals surface area contributed by atoms with Crippen LogP contribution in [0.25, 0.3) is 0 Å². The van der Waals surface area contributed by atoms with Gasteiger partial charge in [-0.3, -0.25) is 4.21 Å². The summed E-state index contributed by atoms with van der Waals surface area (Å²) in [6.45, 7) is 1.53. The zero-order valence-corrected chi connectivity index (χ0v) is 12.3. The lowest BCUT2D eigenvalue weighted by Gasteiger charge is -2.23. The third kappa shape index (κ3) is 3.03. The van der Waals surface area contributed by atoms with Gasteiger partial charge in [-0.15, -0.1) is 0 Å². The van der Waals surface area contributed by atoms with Gasteiger partial charge in [-0.05, 0) is 30.4 Å². The largest absolute Gasteiger partial charge is 0.334 e. The quantitative estimate of drug-likeness (QED) is 0.848. The molecule has 1 aromatic rings. The maximum atomic E-state index is 12.3. The maximum absolute atomic E-state index is 12.3. The summed E-state index contributed by atoms with van der Waals surface area (Å²) < 4.78 is 11.4. The highest BCUT2D eigenvalue weighted by atomic mass is 32.2. The number of hydrogen-bond acceptors (Lipinski definition) is 2. The third-order valence-electron chi connectivity index (χ3n) is 4.12. The molecule has 0 radical (unpaired) electrons. The normalized spacial score (nSPS) is 25.9. The fourth-order valence-electron chi connectivity index (χ4n) is 2.92. The van der Waals surface area contributed by atoms with Crippen molar-refractivity contribution in [1.29, 1.82) is 0 Å².